The van der Waals surface area contributed by atoms with Crippen LogP contribution in [0.3, 0.4) is 0 Å². The van der Waals surface area contributed by atoms with Crippen LogP contribution in [-0.2, 0) is 4.79 Å². The van der Waals surface area contributed by atoms with E-state index in [0.717, 1.165) is 37.2 Å². The summed E-state index contributed by atoms with van der Waals surface area (Å²) in [6.45, 7) is 6.16. The van der Waals surface area contributed by atoms with Gasteiger partial charge in [0, 0.05) is 56.9 Å². The molecule has 0 radical (unpaired) electrons. The average molecular weight is 335 g/mol. The maximum Gasteiger partial charge on any atom is 0.269 e. The first-order valence-electron chi connectivity index (χ1n) is 8.66. The van der Waals surface area contributed by atoms with E-state index in [9.17, 15) is 4.79 Å². The molecule has 3 heterocycles. The molecule has 6 heteroatoms. The molecule has 1 saturated heterocycles. The van der Waals surface area contributed by atoms with E-state index in [0.29, 0.717) is 6.04 Å². The Balaban J connectivity index is 1.42. The summed E-state index contributed by atoms with van der Waals surface area (Å²) in [5, 5.41) is 0. The van der Waals surface area contributed by atoms with Crippen LogP contribution in [0.5, 0.6) is 0 Å². The standard InChI is InChI=1S/C19H21N5O/c1-14(15-2-4-17-18(12-15)21-7-6-20-17)23-8-10-24(11-9-23)16-3-5-19(25)22-13-16/h2-7,12-14,16H,8-11H2,1H3. The van der Waals surface area contributed by atoms with Crippen molar-refractivity contribution in [3.8, 4) is 0 Å². The number of piperazine rings is 1. The minimum atomic E-state index is -0.164. The van der Waals surface area contributed by atoms with Crippen LogP contribution in [0.1, 0.15) is 18.5 Å². The van der Waals surface area contributed by atoms with E-state index >= 15 is 0 Å². The van der Waals surface area contributed by atoms with Gasteiger partial charge < -0.3 is 0 Å². The zero-order chi connectivity index (χ0) is 17.2. The van der Waals surface area contributed by atoms with Gasteiger partial charge in [0.1, 0.15) is 0 Å². The van der Waals surface area contributed by atoms with Gasteiger partial charge >= 0.3 is 0 Å². The molecule has 0 N–H and O–H groups in total. The third kappa shape index (κ3) is 3.36. The van der Waals surface area contributed by atoms with Crippen LogP contribution in [-0.4, -0.2) is 64.1 Å². The molecule has 25 heavy (non-hydrogen) atoms. The Morgan fingerprint density at radius 2 is 1.84 bits per heavy atom. The first-order valence-corrected chi connectivity index (χ1v) is 8.66. The Hall–Kier alpha value is -2.44. The summed E-state index contributed by atoms with van der Waals surface area (Å²) in [6.07, 6.45) is 8.72. The lowest BCUT2D eigenvalue weighted by molar-refractivity contribution is -0.113. The molecular weight excluding hydrogens is 314 g/mol. The van der Waals surface area contributed by atoms with Crippen LogP contribution < -0.4 is 0 Å². The molecule has 4 rings (SSSR count). The van der Waals surface area contributed by atoms with E-state index in [1.54, 1.807) is 24.7 Å². The first kappa shape index (κ1) is 16.1. The smallest absolute Gasteiger partial charge is 0.269 e. The van der Waals surface area contributed by atoms with Crippen molar-refractivity contribution in [2.45, 2.75) is 19.0 Å². The van der Waals surface area contributed by atoms with Crippen molar-refractivity contribution in [3.63, 3.8) is 0 Å². The van der Waals surface area contributed by atoms with E-state index < -0.39 is 0 Å². The molecule has 0 aliphatic carbocycles. The van der Waals surface area contributed by atoms with E-state index in [1.807, 2.05) is 12.1 Å². The van der Waals surface area contributed by atoms with Gasteiger partial charge in [-0.2, -0.15) is 0 Å². The van der Waals surface area contributed by atoms with Gasteiger partial charge in [-0.05, 0) is 24.6 Å². The van der Waals surface area contributed by atoms with Crippen molar-refractivity contribution in [2.24, 2.45) is 4.99 Å². The fourth-order valence-electron chi connectivity index (χ4n) is 3.51. The minimum Gasteiger partial charge on any atom is -0.294 e. The molecule has 2 aliphatic rings. The summed E-state index contributed by atoms with van der Waals surface area (Å²) < 4.78 is 0. The van der Waals surface area contributed by atoms with Crippen LogP contribution in [0.15, 0.2) is 47.7 Å². The highest BCUT2D eigenvalue weighted by Gasteiger charge is 2.25. The molecule has 2 atom stereocenters. The van der Waals surface area contributed by atoms with Crippen molar-refractivity contribution in [1.29, 1.82) is 0 Å². The van der Waals surface area contributed by atoms with Crippen molar-refractivity contribution < 1.29 is 4.79 Å². The monoisotopic (exact) mass is 335 g/mol. The van der Waals surface area contributed by atoms with Gasteiger partial charge in [-0.3, -0.25) is 24.6 Å². The van der Waals surface area contributed by atoms with Gasteiger partial charge in [0.15, 0.2) is 0 Å². The zero-order valence-corrected chi connectivity index (χ0v) is 14.2. The number of fused-ring (bicyclic) bond motifs is 1. The van der Waals surface area contributed by atoms with Crippen molar-refractivity contribution in [1.82, 2.24) is 19.8 Å². The van der Waals surface area contributed by atoms with Gasteiger partial charge in [0.25, 0.3) is 5.91 Å². The molecule has 0 saturated carbocycles. The molecule has 1 amide bonds. The number of benzene rings is 1. The third-order valence-corrected chi connectivity index (χ3v) is 5.08. The Bertz CT molecular complexity index is 823. The highest BCUT2D eigenvalue weighted by Crippen LogP contribution is 2.24. The molecule has 1 aromatic heterocycles. The van der Waals surface area contributed by atoms with Crippen LogP contribution in [0, 0.1) is 0 Å². The Morgan fingerprint density at radius 3 is 2.56 bits per heavy atom. The van der Waals surface area contributed by atoms with Gasteiger partial charge in [0.2, 0.25) is 0 Å². The number of hydrogen-bond donors (Lipinski definition) is 0. The van der Waals surface area contributed by atoms with Crippen molar-refractivity contribution in [3.05, 3.63) is 48.3 Å². The summed E-state index contributed by atoms with van der Waals surface area (Å²) >= 11 is 0. The summed E-state index contributed by atoms with van der Waals surface area (Å²) in [7, 11) is 0. The number of carbonyl (C=O) groups is 1. The number of hydrogen-bond acceptors (Lipinski definition) is 5. The fourth-order valence-corrected chi connectivity index (χ4v) is 3.51. The van der Waals surface area contributed by atoms with E-state index in [2.05, 4.69) is 43.8 Å². The number of amides is 1. The number of carbonyl (C=O) groups excluding carboxylic acids is 1. The van der Waals surface area contributed by atoms with E-state index in [4.69, 9.17) is 0 Å². The molecule has 2 aliphatic heterocycles. The molecule has 0 spiro atoms. The highest BCUT2D eigenvalue weighted by atomic mass is 16.1. The second kappa shape index (κ2) is 6.82. The Morgan fingerprint density at radius 1 is 1.08 bits per heavy atom. The normalized spacial score (nSPS) is 23.2. The minimum absolute atomic E-state index is 0.145. The third-order valence-electron chi connectivity index (χ3n) is 5.08. The zero-order valence-electron chi connectivity index (χ0n) is 14.2. The largest absolute Gasteiger partial charge is 0.294 e. The molecular formula is C19H21N5O. The number of aromatic nitrogens is 2. The molecule has 128 valence electrons. The molecule has 6 nitrogen and oxygen atoms in total. The van der Waals surface area contributed by atoms with E-state index in [1.165, 1.54) is 5.56 Å². The molecule has 0 bridgehead atoms. The number of aliphatic imine (C=N–C) groups is 1. The number of rotatable bonds is 3. The summed E-state index contributed by atoms with van der Waals surface area (Å²) in [5.41, 5.74) is 3.14. The lowest BCUT2D eigenvalue weighted by Gasteiger charge is -2.40. The molecule has 1 aromatic carbocycles. The summed E-state index contributed by atoms with van der Waals surface area (Å²) in [5.74, 6) is -0.164. The van der Waals surface area contributed by atoms with Gasteiger partial charge in [0.05, 0.1) is 17.1 Å². The second-order valence-electron chi connectivity index (χ2n) is 6.52. The summed E-state index contributed by atoms with van der Waals surface area (Å²) in [6, 6.07) is 6.82. The predicted octanol–water partition coefficient (Wildman–Crippen LogP) is 1.84. The lowest BCUT2D eigenvalue weighted by atomic mass is 10.0. The van der Waals surface area contributed by atoms with Crippen molar-refractivity contribution in [2.75, 3.05) is 26.2 Å². The Labute approximate surface area is 146 Å². The van der Waals surface area contributed by atoms with Gasteiger partial charge in [-0.1, -0.05) is 12.1 Å². The molecule has 2 unspecified atom stereocenters. The maximum absolute atomic E-state index is 11.2. The topological polar surface area (TPSA) is 61.7 Å². The van der Waals surface area contributed by atoms with Crippen molar-refractivity contribution >= 4 is 23.2 Å². The fraction of sp³-hybridized carbons (Fsp3) is 0.368. The molecule has 2 aromatic rings. The SMILES string of the molecule is CC(c1ccc2nccnc2c1)N1CCN(C2C=CC(=O)N=C2)CC1. The Kier molecular flexibility index (Phi) is 4.38. The highest BCUT2D eigenvalue weighted by molar-refractivity contribution is 5.97. The first-order chi connectivity index (χ1) is 12.2. The maximum atomic E-state index is 11.2. The van der Waals surface area contributed by atoms with Crippen LogP contribution in [0.4, 0.5) is 0 Å². The summed E-state index contributed by atoms with van der Waals surface area (Å²) in [4.78, 5) is 28.7. The second-order valence-corrected chi connectivity index (χ2v) is 6.52. The van der Waals surface area contributed by atoms with Crippen LogP contribution >= 0.6 is 0 Å². The average Bonchev–Trinajstić information content (AvgIpc) is 2.68. The van der Waals surface area contributed by atoms with Crippen LogP contribution in [0.25, 0.3) is 11.0 Å². The molecule has 1 fully saturated rings. The number of nitrogens with zero attached hydrogens (tertiary/aromatic N) is 5. The lowest BCUT2D eigenvalue weighted by Crippen LogP contribution is -2.51. The quantitative estimate of drug-likeness (QED) is 0.856. The predicted molar refractivity (Wildman–Crippen MR) is 97.5 cm³/mol. The van der Waals surface area contributed by atoms with Gasteiger partial charge in [-0.15, -0.1) is 0 Å². The van der Waals surface area contributed by atoms with Crippen LogP contribution in [0.2, 0.25) is 0 Å². The number of dihydropyridines is 1. The van der Waals surface area contributed by atoms with E-state index in [-0.39, 0.29) is 11.9 Å². The van der Waals surface area contributed by atoms with Gasteiger partial charge in [-0.25, -0.2) is 4.99 Å².